The molecule has 2 heterocycles. The van der Waals surface area contributed by atoms with E-state index in [1.165, 1.54) is 37.2 Å². The summed E-state index contributed by atoms with van der Waals surface area (Å²) in [7, 11) is 1.79. The number of hydrogen-bond acceptors (Lipinski definition) is 4. The molecule has 0 unspecified atom stereocenters. The van der Waals surface area contributed by atoms with Gasteiger partial charge in [-0.2, -0.15) is 0 Å². The minimum atomic E-state index is 0.890. The first kappa shape index (κ1) is 15.6. The number of likely N-dealkylation sites (tertiary alicyclic amines) is 1. The maximum Gasteiger partial charge on any atom is 0.142 e. The van der Waals surface area contributed by atoms with E-state index in [4.69, 9.17) is 4.74 Å². The summed E-state index contributed by atoms with van der Waals surface area (Å²) in [5, 5.41) is 3.40. The second-order valence-corrected chi connectivity index (χ2v) is 6.70. The molecule has 0 aromatic heterocycles. The van der Waals surface area contributed by atoms with Crippen LogP contribution >= 0.6 is 0 Å². The molecule has 22 heavy (non-hydrogen) atoms. The number of benzene rings is 1. The third-order valence-corrected chi connectivity index (χ3v) is 4.98. The van der Waals surface area contributed by atoms with Gasteiger partial charge in [0.2, 0.25) is 0 Å². The zero-order chi connectivity index (χ0) is 15.4. The van der Waals surface area contributed by atoms with Gasteiger partial charge in [-0.1, -0.05) is 13.0 Å². The van der Waals surface area contributed by atoms with Crippen LogP contribution in [0.5, 0.6) is 5.75 Å². The van der Waals surface area contributed by atoms with Gasteiger partial charge in [-0.25, -0.2) is 0 Å². The van der Waals surface area contributed by atoms with Crippen LogP contribution in [0.15, 0.2) is 18.2 Å². The van der Waals surface area contributed by atoms with E-state index in [2.05, 4.69) is 40.2 Å². The van der Waals surface area contributed by atoms with Crippen LogP contribution in [0.1, 0.15) is 25.3 Å². The molecular formula is C18H29N3O. The fraction of sp³-hybridized carbons (Fsp3) is 0.667. The molecule has 1 aromatic rings. The quantitative estimate of drug-likeness (QED) is 0.924. The molecule has 1 N–H and O–H groups in total. The lowest BCUT2D eigenvalue weighted by atomic mass is 9.99. The van der Waals surface area contributed by atoms with Crippen molar-refractivity contribution in [3.63, 3.8) is 0 Å². The van der Waals surface area contributed by atoms with Crippen LogP contribution in [0.4, 0.5) is 5.69 Å². The van der Waals surface area contributed by atoms with Crippen molar-refractivity contribution in [3.05, 3.63) is 23.8 Å². The van der Waals surface area contributed by atoms with Gasteiger partial charge in [-0.05, 0) is 49.5 Å². The minimum absolute atomic E-state index is 0.890. The number of hydrogen-bond donors (Lipinski definition) is 1. The molecule has 0 bridgehead atoms. The summed E-state index contributed by atoms with van der Waals surface area (Å²) < 4.78 is 5.66. The highest BCUT2D eigenvalue weighted by Gasteiger charge is 2.18. The van der Waals surface area contributed by atoms with Crippen molar-refractivity contribution < 1.29 is 4.74 Å². The predicted molar refractivity (Wildman–Crippen MR) is 91.8 cm³/mol. The molecule has 4 nitrogen and oxygen atoms in total. The molecule has 0 spiro atoms. The Kier molecular flexibility index (Phi) is 5.21. The average molecular weight is 303 g/mol. The summed E-state index contributed by atoms with van der Waals surface area (Å²) in [6.07, 6.45) is 2.66. The molecule has 3 rings (SSSR count). The first-order valence-corrected chi connectivity index (χ1v) is 8.61. The van der Waals surface area contributed by atoms with Crippen molar-refractivity contribution in [2.75, 3.05) is 51.3 Å². The Labute approximate surface area is 134 Å². The van der Waals surface area contributed by atoms with Gasteiger partial charge < -0.3 is 15.0 Å². The largest absolute Gasteiger partial charge is 0.495 e. The SMILES string of the molecule is COc1cc(CN2CCC(C)CC2)ccc1N1CCNCC1. The van der Waals surface area contributed by atoms with Crippen molar-refractivity contribution in [3.8, 4) is 5.75 Å². The fourth-order valence-electron chi connectivity index (χ4n) is 3.47. The number of nitrogens with zero attached hydrogens (tertiary/aromatic N) is 2. The molecule has 0 saturated carbocycles. The Morgan fingerprint density at radius 1 is 1.14 bits per heavy atom. The molecular weight excluding hydrogens is 274 g/mol. The van der Waals surface area contributed by atoms with Crippen LogP contribution in [-0.4, -0.2) is 51.3 Å². The lowest BCUT2D eigenvalue weighted by molar-refractivity contribution is 0.185. The van der Waals surface area contributed by atoms with Crippen molar-refractivity contribution in [1.82, 2.24) is 10.2 Å². The van der Waals surface area contributed by atoms with E-state index < -0.39 is 0 Å². The van der Waals surface area contributed by atoms with Crippen molar-refractivity contribution in [2.24, 2.45) is 5.92 Å². The Morgan fingerprint density at radius 3 is 2.55 bits per heavy atom. The minimum Gasteiger partial charge on any atom is -0.495 e. The van der Waals surface area contributed by atoms with Crippen LogP contribution in [0, 0.1) is 5.92 Å². The zero-order valence-electron chi connectivity index (χ0n) is 14.0. The van der Waals surface area contributed by atoms with Crippen LogP contribution in [0.2, 0.25) is 0 Å². The predicted octanol–water partition coefficient (Wildman–Crippen LogP) is 2.34. The molecule has 2 aliphatic rings. The lowest BCUT2D eigenvalue weighted by Crippen LogP contribution is -2.43. The van der Waals surface area contributed by atoms with Gasteiger partial charge in [-0.3, -0.25) is 4.90 Å². The smallest absolute Gasteiger partial charge is 0.142 e. The van der Waals surface area contributed by atoms with Gasteiger partial charge in [0.1, 0.15) is 5.75 Å². The molecule has 4 heteroatoms. The first-order chi connectivity index (χ1) is 10.8. The lowest BCUT2D eigenvalue weighted by Gasteiger charge is -2.32. The van der Waals surface area contributed by atoms with E-state index >= 15 is 0 Å². The molecule has 0 amide bonds. The Bertz CT molecular complexity index is 477. The summed E-state index contributed by atoms with van der Waals surface area (Å²) in [6, 6.07) is 6.75. The van der Waals surface area contributed by atoms with E-state index in [0.29, 0.717) is 0 Å². The number of nitrogens with one attached hydrogen (secondary N) is 1. The number of piperidine rings is 1. The standard InChI is InChI=1S/C18H29N3O/c1-15-5-9-20(10-6-15)14-16-3-4-17(18(13-16)22-2)21-11-7-19-8-12-21/h3-4,13,15,19H,5-12,14H2,1-2H3. The third kappa shape index (κ3) is 3.73. The molecule has 0 aliphatic carbocycles. The van der Waals surface area contributed by atoms with E-state index in [-0.39, 0.29) is 0 Å². The summed E-state index contributed by atoms with van der Waals surface area (Å²) in [4.78, 5) is 4.99. The van der Waals surface area contributed by atoms with Gasteiger partial charge in [0.15, 0.2) is 0 Å². The number of anilines is 1. The number of methoxy groups -OCH3 is 1. The second-order valence-electron chi connectivity index (χ2n) is 6.70. The third-order valence-electron chi connectivity index (χ3n) is 4.98. The summed E-state index contributed by atoms with van der Waals surface area (Å²) >= 11 is 0. The van der Waals surface area contributed by atoms with Crippen molar-refractivity contribution in [2.45, 2.75) is 26.3 Å². The van der Waals surface area contributed by atoms with Crippen LogP contribution in [0.3, 0.4) is 0 Å². The van der Waals surface area contributed by atoms with Crippen LogP contribution in [0.25, 0.3) is 0 Å². The molecule has 1 aromatic carbocycles. The second kappa shape index (κ2) is 7.34. The monoisotopic (exact) mass is 303 g/mol. The molecule has 0 radical (unpaired) electrons. The van der Waals surface area contributed by atoms with E-state index in [1.54, 1.807) is 7.11 Å². The van der Waals surface area contributed by atoms with Gasteiger partial charge in [-0.15, -0.1) is 0 Å². The normalized spacial score (nSPS) is 21.1. The van der Waals surface area contributed by atoms with Gasteiger partial charge in [0.05, 0.1) is 12.8 Å². The molecule has 0 atom stereocenters. The summed E-state index contributed by atoms with van der Waals surface area (Å²) in [5.74, 6) is 1.91. The summed E-state index contributed by atoms with van der Waals surface area (Å²) in [5.41, 5.74) is 2.60. The number of ether oxygens (including phenoxy) is 1. The maximum absolute atomic E-state index is 5.66. The van der Waals surface area contributed by atoms with Crippen molar-refractivity contribution >= 4 is 5.69 Å². The highest BCUT2D eigenvalue weighted by atomic mass is 16.5. The van der Waals surface area contributed by atoms with Gasteiger partial charge >= 0.3 is 0 Å². The van der Waals surface area contributed by atoms with E-state index in [1.807, 2.05) is 0 Å². The highest BCUT2D eigenvalue weighted by molar-refractivity contribution is 5.60. The number of rotatable bonds is 4. The van der Waals surface area contributed by atoms with Gasteiger partial charge in [0, 0.05) is 32.7 Å². The Morgan fingerprint density at radius 2 is 1.86 bits per heavy atom. The average Bonchev–Trinajstić information content (AvgIpc) is 2.57. The molecule has 122 valence electrons. The van der Waals surface area contributed by atoms with Crippen LogP contribution < -0.4 is 15.0 Å². The number of piperazine rings is 1. The molecule has 2 saturated heterocycles. The maximum atomic E-state index is 5.66. The zero-order valence-corrected chi connectivity index (χ0v) is 14.0. The Hall–Kier alpha value is -1.26. The summed E-state index contributed by atoms with van der Waals surface area (Å²) in [6.45, 7) is 10.1. The topological polar surface area (TPSA) is 27.7 Å². The molecule has 2 fully saturated rings. The first-order valence-electron chi connectivity index (χ1n) is 8.61. The Balaban J connectivity index is 1.68. The highest BCUT2D eigenvalue weighted by Crippen LogP contribution is 2.30. The van der Waals surface area contributed by atoms with Crippen molar-refractivity contribution in [1.29, 1.82) is 0 Å². The fourth-order valence-corrected chi connectivity index (χ4v) is 3.47. The van der Waals surface area contributed by atoms with Crippen LogP contribution in [-0.2, 0) is 6.54 Å². The van der Waals surface area contributed by atoms with Gasteiger partial charge in [0.25, 0.3) is 0 Å². The molecule has 2 aliphatic heterocycles. The van der Waals surface area contributed by atoms with E-state index in [9.17, 15) is 0 Å². The van der Waals surface area contributed by atoms with E-state index in [0.717, 1.165) is 44.4 Å².